The van der Waals surface area contributed by atoms with Crippen LogP contribution in [0, 0.1) is 0 Å². The third-order valence-corrected chi connectivity index (χ3v) is 3.50. The molecule has 0 amide bonds. The monoisotopic (exact) mass is 313 g/mol. The molecule has 0 saturated carbocycles. The van der Waals surface area contributed by atoms with Crippen molar-refractivity contribution in [2.45, 2.75) is 32.7 Å². The van der Waals surface area contributed by atoms with Gasteiger partial charge in [-0.1, -0.05) is 37.0 Å². The standard InChI is InChI=1S/C14H17Cl2N3O/c1-3-7-17-12(4-2)14-19-18-13(20-14)10-6-5-9(15)8-11(10)16/h5-6,8,12,17H,3-4,7H2,1-2H3. The fourth-order valence-corrected chi connectivity index (χ4v) is 2.36. The molecule has 6 heteroatoms. The van der Waals surface area contributed by atoms with Crippen LogP contribution in [0.5, 0.6) is 0 Å². The molecule has 0 aliphatic rings. The zero-order valence-electron chi connectivity index (χ0n) is 11.5. The fraction of sp³-hybridized carbons (Fsp3) is 0.429. The fourth-order valence-electron chi connectivity index (χ4n) is 1.87. The molecule has 2 rings (SSSR count). The van der Waals surface area contributed by atoms with E-state index in [1.54, 1.807) is 18.2 Å². The summed E-state index contributed by atoms with van der Waals surface area (Å²) in [6, 6.07) is 5.26. The molecule has 0 bridgehead atoms. The van der Waals surface area contributed by atoms with E-state index in [-0.39, 0.29) is 6.04 Å². The Kier molecular flexibility index (Phi) is 5.40. The Morgan fingerprint density at radius 1 is 1.25 bits per heavy atom. The Labute approximate surface area is 128 Å². The first-order valence-electron chi connectivity index (χ1n) is 6.67. The molecule has 1 N–H and O–H groups in total. The van der Waals surface area contributed by atoms with Crippen LogP contribution in [0.25, 0.3) is 11.5 Å². The van der Waals surface area contributed by atoms with Gasteiger partial charge in [-0.25, -0.2) is 0 Å². The molecule has 0 fully saturated rings. The minimum atomic E-state index is 0.0716. The topological polar surface area (TPSA) is 51.0 Å². The minimum absolute atomic E-state index is 0.0716. The molecular formula is C14H17Cl2N3O. The lowest BCUT2D eigenvalue weighted by Gasteiger charge is -2.11. The van der Waals surface area contributed by atoms with E-state index in [1.165, 1.54) is 0 Å². The number of halogens is 2. The third-order valence-electron chi connectivity index (χ3n) is 2.95. The highest BCUT2D eigenvalue weighted by Crippen LogP contribution is 2.30. The number of rotatable bonds is 6. The minimum Gasteiger partial charge on any atom is -0.419 e. The summed E-state index contributed by atoms with van der Waals surface area (Å²) in [5.41, 5.74) is 0.695. The van der Waals surface area contributed by atoms with Crippen LogP contribution in [-0.2, 0) is 0 Å². The van der Waals surface area contributed by atoms with Crippen molar-refractivity contribution >= 4 is 23.2 Å². The van der Waals surface area contributed by atoms with Gasteiger partial charge in [-0.3, -0.25) is 0 Å². The third kappa shape index (κ3) is 3.51. The Morgan fingerprint density at radius 3 is 2.70 bits per heavy atom. The summed E-state index contributed by atoms with van der Waals surface area (Å²) in [5, 5.41) is 12.6. The maximum atomic E-state index is 6.14. The quantitative estimate of drug-likeness (QED) is 0.853. The normalized spacial score (nSPS) is 12.6. The largest absolute Gasteiger partial charge is 0.419 e. The van der Waals surface area contributed by atoms with Gasteiger partial charge in [-0.05, 0) is 37.6 Å². The van der Waals surface area contributed by atoms with Crippen molar-refractivity contribution in [1.29, 1.82) is 0 Å². The van der Waals surface area contributed by atoms with E-state index in [1.807, 2.05) is 0 Å². The molecule has 1 unspecified atom stereocenters. The van der Waals surface area contributed by atoms with Gasteiger partial charge in [0.15, 0.2) is 0 Å². The first kappa shape index (κ1) is 15.3. The van der Waals surface area contributed by atoms with Gasteiger partial charge in [0.05, 0.1) is 16.6 Å². The molecule has 1 aromatic carbocycles. The molecule has 0 radical (unpaired) electrons. The number of nitrogens with zero attached hydrogens (tertiary/aromatic N) is 2. The second-order valence-electron chi connectivity index (χ2n) is 4.48. The van der Waals surface area contributed by atoms with Crippen LogP contribution in [-0.4, -0.2) is 16.7 Å². The summed E-state index contributed by atoms with van der Waals surface area (Å²) in [5.74, 6) is 1.00. The lowest BCUT2D eigenvalue weighted by atomic mass is 10.2. The molecule has 4 nitrogen and oxygen atoms in total. The lowest BCUT2D eigenvalue weighted by molar-refractivity contribution is 0.396. The van der Waals surface area contributed by atoms with Crippen molar-refractivity contribution in [3.05, 3.63) is 34.1 Å². The van der Waals surface area contributed by atoms with Gasteiger partial charge < -0.3 is 9.73 Å². The number of hydrogen-bond donors (Lipinski definition) is 1. The van der Waals surface area contributed by atoms with Gasteiger partial charge in [-0.15, -0.1) is 10.2 Å². The van der Waals surface area contributed by atoms with E-state index in [2.05, 4.69) is 29.4 Å². The molecule has 0 aliphatic carbocycles. The second kappa shape index (κ2) is 7.07. The highest BCUT2D eigenvalue weighted by Gasteiger charge is 2.18. The summed E-state index contributed by atoms with van der Waals surface area (Å²) in [7, 11) is 0. The molecule has 0 spiro atoms. The molecule has 0 aliphatic heterocycles. The molecule has 1 aromatic heterocycles. The molecule has 0 saturated heterocycles. The predicted molar refractivity (Wildman–Crippen MR) is 81.1 cm³/mol. The summed E-state index contributed by atoms with van der Waals surface area (Å²) < 4.78 is 5.73. The van der Waals surface area contributed by atoms with E-state index in [0.717, 1.165) is 19.4 Å². The average Bonchev–Trinajstić information content (AvgIpc) is 2.89. The molecule has 108 valence electrons. The van der Waals surface area contributed by atoms with E-state index in [9.17, 15) is 0 Å². The van der Waals surface area contributed by atoms with Gasteiger partial charge in [0.2, 0.25) is 11.8 Å². The van der Waals surface area contributed by atoms with E-state index >= 15 is 0 Å². The number of aromatic nitrogens is 2. The van der Waals surface area contributed by atoms with Crippen molar-refractivity contribution in [3.8, 4) is 11.5 Å². The first-order chi connectivity index (χ1) is 9.65. The Balaban J connectivity index is 2.23. The summed E-state index contributed by atoms with van der Waals surface area (Å²) in [6.45, 7) is 5.11. The number of nitrogens with one attached hydrogen (secondary N) is 1. The number of benzene rings is 1. The van der Waals surface area contributed by atoms with Crippen LogP contribution in [0.2, 0.25) is 10.0 Å². The van der Waals surface area contributed by atoms with E-state index < -0.39 is 0 Å². The summed E-state index contributed by atoms with van der Waals surface area (Å²) >= 11 is 12.0. The zero-order chi connectivity index (χ0) is 14.5. The summed E-state index contributed by atoms with van der Waals surface area (Å²) in [6.07, 6.45) is 1.94. The zero-order valence-corrected chi connectivity index (χ0v) is 13.0. The maximum Gasteiger partial charge on any atom is 0.249 e. The first-order valence-corrected chi connectivity index (χ1v) is 7.43. The Hall–Kier alpha value is -1.10. The molecular weight excluding hydrogens is 297 g/mol. The van der Waals surface area contributed by atoms with Crippen LogP contribution in [0.4, 0.5) is 0 Å². The molecule has 1 heterocycles. The molecule has 2 aromatic rings. The van der Waals surface area contributed by atoms with Gasteiger partial charge in [-0.2, -0.15) is 0 Å². The van der Waals surface area contributed by atoms with Crippen LogP contribution in [0.1, 0.15) is 38.6 Å². The Bertz CT molecular complexity index is 571. The van der Waals surface area contributed by atoms with E-state index in [0.29, 0.717) is 27.4 Å². The van der Waals surface area contributed by atoms with Crippen molar-refractivity contribution in [1.82, 2.24) is 15.5 Å². The average molecular weight is 314 g/mol. The van der Waals surface area contributed by atoms with Crippen LogP contribution in [0.3, 0.4) is 0 Å². The van der Waals surface area contributed by atoms with Crippen molar-refractivity contribution in [3.63, 3.8) is 0 Å². The highest BCUT2D eigenvalue weighted by molar-refractivity contribution is 6.36. The smallest absolute Gasteiger partial charge is 0.249 e. The SMILES string of the molecule is CCCNC(CC)c1nnc(-c2ccc(Cl)cc2Cl)o1. The lowest BCUT2D eigenvalue weighted by Crippen LogP contribution is -2.21. The second-order valence-corrected chi connectivity index (χ2v) is 5.33. The van der Waals surface area contributed by atoms with Gasteiger partial charge >= 0.3 is 0 Å². The predicted octanol–water partition coefficient (Wildman–Crippen LogP) is 4.49. The van der Waals surface area contributed by atoms with Crippen LogP contribution in [0.15, 0.2) is 22.6 Å². The Morgan fingerprint density at radius 2 is 2.05 bits per heavy atom. The van der Waals surface area contributed by atoms with Crippen molar-refractivity contribution < 1.29 is 4.42 Å². The van der Waals surface area contributed by atoms with Crippen LogP contribution >= 0.6 is 23.2 Å². The van der Waals surface area contributed by atoms with Gasteiger partial charge in [0, 0.05) is 5.02 Å². The highest BCUT2D eigenvalue weighted by atomic mass is 35.5. The maximum absolute atomic E-state index is 6.14. The summed E-state index contributed by atoms with van der Waals surface area (Å²) in [4.78, 5) is 0. The van der Waals surface area contributed by atoms with Crippen molar-refractivity contribution in [2.75, 3.05) is 6.54 Å². The van der Waals surface area contributed by atoms with Crippen molar-refractivity contribution in [2.24, 2.45) is 0 Å². The van der Waals surface area contributed by atoms with Crippen LogP contribution < -0.4 is 5.32 Å². The van der Waals surface area contributed by atoms with Gasteiger partial charge in [0.25, 0.3) is 0 Å². The molecule has 1 atom stereocenters. The molecule has 20 heavy (non-hydrogen) atoms. The van der Waals surface area contributed by atoms with Gasteiger partial charge in [0.1, 0.15) is 0 Å². The number of hydrogen-bond acceptors (Lipinski definition) is 4. The van der Waals surface area contributed by atoms with E-state index in [4.69, 9.17) is 27.6 Å².